The number of benzene rings is 1. The molecule has 1 saturated heterocycles. The first-order chi connectivity index (χ1) is 11.1. The minimum Gasteiger partial charge on any atom is -0.383 e. The van der Waals surface area contributed by atoms with E-state index in [0.29, 0.717) is 13.2 Å². The number of halogens is 1. The van der Waals surface area contributed by atoms with Gasteiger partial charge in [-0.05, 0) is 30.5 Å². The van der Waals surface area contributed by atoms with Gasteiger partial charge in [0.15, 0.2) is 0 Å². The largest absolute Gasteiger partial charge is 0.383 e. The average Bonchev–Trinajstić information content (AvgIpc) is 3.11. The molecule has 0 N–H and O–H groups in total. The van der Waals surface area contributed by atoms with Crippen molar-refractivity contribution in [2.24, 2.45) is 0 Å². The number of hydrogen-bond donors (Lipinski definition) is 0. The Bertz CT molecular complexity index is 590. The Morgan fingerprint density at radius 3 is 2.65 bits per heavy atom. The predicted molar refractivity (Wildman–Crippen MR) is 82.5 cm³/mol. The van der Waals surface area contributed by atoms with Gasteiger partial charge in [0.25, 0.3) is 5.91 Å². The molecule has 1 saturated carbocycles. The van der Waals surface area contributed by atoms with Gasteiger partial charge in [-0.2, -0.15) is 0 Å². The van der Waals surface area contributed by atoms with Gasteiger partial charge in [-0.25, -0.2) is 9.18 Å². The quantitative estimate of drug-likeness (QED) is 0.783. The highest BCUT2D eigenvalue weighted by Crippen LogP contribution is 2.39. The first-order valence-electron chi connectivity index (χ1n) is 7.97. The van der Waals surface area contributed by atoms with Gasteiger partial charge in [0, 0.05) is 25.6 Å². The maximum atomic E-state index is 13.1. The predicted octanol–water partition coefficient (Wildman–Crippen LogP) is 2.37. The van der Waals surface area contributed by atoms with Crippen LogP contribution < -0.4 is 0 Å². The monoisotopic (exact) mass is 320 g/mol. The molecule has 23 heavy (non-hydrogen) atoms. The molecule has 2 atom stereocenters. The Kier molecular flexibility index (Phi) is 4.61. The van der Waals surface area contributed by atoms with Crippen LogP contribution in [0.3, 0.4) is 0 Å². The number of amides is 3. The lowest BCUT2D eigenvalue weighted by Crippen LogP contribution is -2.43. The van der Waals surface area contributed by atoms with E-state index in [1.807, 2.05) is 0 Å². The van der Waals surface area contributed by atoms with E-state index in [9.17, 15) is 14.0 Å². The summed E-state index contributed by atoms with van der Waals surface area (Å²) in [5.41, 5.74) is 0.991. The van der Waals surface area contributed by atoms with Crippen LogP contribution in [0.25, 0.3) is 0 Å². The third kappa shape index (κ3) is 3.08. The lowest BCUT2D eigenvalue weighted by atomic mass is 9.93. The summed E-state index contributed by atoms with van der Waals surface area (Å²) in [5, 5.41) is 0. The number of ether oxygens (including phenoxy) is 1. The Morgan fingerprint density at radius 2 is 1.96 bits per heavy atom. The number of hydrogen-bond acceptors (Lipinski definition) is 3. The average molecular weight is 320 g/mol. The van der Waals surface area contributed by atoms with Gasteiger partial charge in [-0.1, -0.05) is 18.6 Å². The maximum Gasteiger partial charge on any atom is 0.327 e. The van der Waals surface area contributed by atoms with Crippen molar-refractivity contribution in [3.63, 3.8) is 0 Å². The van der Waals surface area contributed by atoms with Crippen molar-refractivity contribution in [2.75, 3.05) is 26.8 Å². The number of methoxy groups -OCH3 is 1. The topological polar surface area (TPSA) is 49.9 Å². The van der Waals surface area contributed by atoms with E-state index in [1.54, 1.807) is 19.2 Å². The number of nitrogens with zero attached hydrogens (tertiary/aromatic N) is 2. The second-order valence-corrected chi connectivity index (χ2v) is 6.12. The highest BCUT2D eigenvalue weighted by molar-refractivity contribution is 6.02. The second kappa shape index (κ2) is 6.66. The van der Waals surface area contributed by atoms with E-state index in [1.165, 1.54) is 21.9 Å². The molecule has 1 aromatic rings. The van der Waals surface area contributed by atoms with Crippen LogP contribution in [-0.4, -0.2) is 54.6 Å². The standard InChI is InChI=1S/C17H21FN2O3/c1-23-10-9-19-11-16(21)20(17(19)22)15-4-2-3-14(15)12-5-7-13(18)8-6-12/h5-8,14-15H,2-4,9-11H2,1H3/t14-,15+/m1/s1. The zero-order chi connectivity index (χ0) is 16.4. The van der Waals surface area contributed by atoms with Crippen molar-refractivity contribution in [1.82, 2.24) is 9.80 Å². The minimum absolute atomic E-state index is 0.0888. The molecule has 0 unspecified atom stereocenters. The van der Waals surface area contributed by atoms with Crippen molar-refractivity contribution >= 4 is 11.9 Å². The Balaban J connectivity index is 1.78. The van der Waals surface area contributed by atoms with Gasteiger partial charge in [0.05, 0.1) is 6.61 Å². The third-order valence-corrected chi connectivity index (χ3v) is 4.75. The van der Waals surface area contributed by atoms with E-state index < -0.39 is 0 Å². The highest BCUT2D eigenvalue weighted by atomic mass is 19.1. The SMILES string of the molecule is COCCN1CC(=O)N([C@H]2CCC[C@@H]2c2ccc(F)cc2)C1=O. The van der Waals surface area contributed by atoms with E-state index >= 15 is 0 Å². The maximum absolute atomic E-state index is 13.1. The molecule has 0 radical (unpaired) electrons. The van der Waals surface area contributed by atoms with Crippen LogP contribution in [0.1, 0.15) is 30.7 Å². The molecule has 3 rings (SSSR count). The van der Waals surface area contributed by atoms with Crippen LogP contribution in [0.2, 0.25) is 0 Å². The van der Waals surface area contributed by atoms with Crippen molar-refractivity contribution in [1.29, 1.82) is 0 Å². The van der Waals surface area contributed by atoms with Gasteiger partial charge in [0.1, 0.15) is 12.4 Å². The molecule has 3 amide bonds. The fourth-order valence-corrected chi connectivity index (χ4v) is 3.62. The first kappa shape index (κ1) is 15.9. The molecular formula is C17H21FN2O3. The zero-order valence-corrected chi connectivity index (χ0v) is 13.2. The Morgan fingerprint density at radius 1 is 1.22 bits per heavy atom. The van der Waals surface area contributed by atoms with Crippen molar-refractivity contribution < 1.29 is 18.7 Å². The summed E-state index contributed by atoms with van der Waals surface area (Å²) in [7, 11) is 1.57. The van der Waals surface area contributed by atoms with Gasteiger partial charge < -0.3 is 9.64 Å². The molecule has 1 aliphatic carbocycles. The molecule has 5 nitrogen and oxygen atoms in total. The molecule has 1 aliphatic heterocycles. The number of carbonyl (C=O) groups is 2. The molecular weight excluding hydrogens is 299 g/mol. The fraction of sp³-hybridized carbons (Fsp3) is 0.529. The van der Waals surface area contributed by atoms with Crippen LogP contribution in [-0.2, 0) is 9.53 Å². The summed E-state index contributed by atoms with van der Waals surface area (Å²) in [5.74, 6) is -0.335. The fourth-order valence-electron chi connectivity index (χ4n) is 3.62. The van der Waals surface area contributed by atoms with Crippen molar-refractivity contribution in [3.8, 4) is 0 Å². The van der Waals surface area contributed by atoms with E-state index in [2.05, 4.69) is 0 Å². The van der Waals surface area contributed by atoms with E-state index in [4.69, 9.17) is 4.74 Å². The Hall–Kier alpha value is -1.95. The molecule has 124 valence electrons. The van der Waals surface area contributed by atoms with Crippen LogP contribution >= 0.6 is 0 Å². The van der Waals surface area contributed by atoms with Crippen LogP contribution in [0.5, 0.6) is 0 Å². The molecule has 0 aromatic heterocycles. The molecule has 2 aliphatic rings. The van der Waals surface area contributed by atoms with Gasteiger partial charge >= 0.3 is 6.03 Å². The lowest BCUT2D eigenvalue weighted by Gasteiger charge is -2.28. The van der Waals surface area contributed by atoms with Gasteiger partial charge in [-0.15, -0.1) is 0 Å². The first-order valence-corrected chi connectivity index (χ1v) is 7.97. The summed E-state index contributed by atoms with van der Waals surface area (Å²) in [6.07, 6.45) is 2.67. The number of rotatable bonds is 5. The highest BCUT2D eigenvalue weighted by Gasteiger charge is 2.45. The summed E-state index contributed by atoms with van der Waals surface area (Å²) in [6.45, 7) is 0.958. The normalized spacial score (nSPS) is 24.8. The third-order valence-electron chi connectivity index (χ3n) is 4.75. The second-order valence-electron chi connectivity index (χ2n) is 6.12. The molecule has 0 bridgehead atoms. The van der Waals surface area contributed by atoms with Crippen LogP contribution in [0.4, 0.5) is 9.18 Å². The molecule has 6 heteroatoms. The Labute approximate surface area is 135 Å². The summed E-state index contributed by atoms with van der Waals surface area (Å²) < 4.78 is 18.1. The van der Waals surface area contributed by atoms with Crippen molar-refractivity contribution in [2.45, 2.75) is 31.2 Å². The molecule has 1 heterocycles. The van der Waals surface area contributed by atoms with Crippen LogP contribution in [0, 0.1) is 5.82 Å². The zero-order valence-electron chi connectivity index (χ0n) is 13.2. The molecule has 0 spiro atoms. The molecule has 1 aromatic carbocycles. The van der Waals surface area contributed by atoms with Crippen molar-refractivity contribution in [3.05, 3.63) is 35.6 Å². The van der Waals surface area contributed by atoms with E-state index in [0.717, 1.165) is 24.8 Å². The molecule has 2 fully saturated rings. The number of carbonyl (C=O) groups excluding carboxylic acids is 2. The number of imide groups is 1. The van der Waals surface area contributed by atoms with Crippen LogP contribution in [0.15, 0.2) is 24.3 Å². The number of urea groups is 1. The smallest absolute Gasteiger partial charge is 0.327 e. The summed E-state index contributed by atoms with van der Waals surface area (Å²) >= 11 is 0. The van der Waals surface area contributed by atoms with Gasteiger partial charge in [-0.3, -0.25) is 9.69 Å². The lowest BCUT2D eigenvalue weighted by molar-refractivity contribution is -0.127. The van der Waals surface area contributed by atoms with Gasteiger partial charge in [0.2, 0.25) is 0 Å². The van der Waals surface area contributed by atoms with E-state index in [-0.39, 0.29) is 36.3 Å². The summed E-state index contributed by atoms with van der Waals surface area (Å²) in [4.78, 5) is 27.8. The summed E-state index contributed by atoms with van der Waals surface area (Å²) in [6, 6.07) is 6.02. The minimum atomic E-state index is -0.276.